The van der Waals surface area contributed by atoms with Crippen LogP contribution in [0.4, 0.5) is 5.69 Å². The van der Waals surface area contributed by atoms with Gasteiger partial charge in [-0.3, -0.25) is 0 Å². The summed E-state index contributed by atoms with van der Waals surface area (Å²) in [6.45, 7) is 4.37. The predicted octanol–water partition coefficient (Wildman–Crippen LogP) is 3.61. The Labute approximate surface area is 100 Å². The quantitative estimate of drug-likeness (QED) is 0.613. The Kier molecular flexibility index (Phi) is 4.45. The van der Waals surface area contributed by atoms with E-state index in [-0.39, 0.29) is 0 Å². The van der Waals surface area contributed by atoms with Gasteiger partial charge in [-0.15, -0.1) is 0 Å². The zero-order valence-electron chi connectivity index (χ0n) is 9.75. The van der Waals surface area contributed by atoms with E-state index in [0.29, 0.717) is 5.92 Å². The molecule has 0 aliphatic heterocycles. The van der Waals surface area contributed by atoms with E-state index in [4.69, 9.17) is 4.74 Å². The van der Waals surface area contributed by atoms with Gasteiger partial charge < -0.3 is 9.64 Å². The number of nitrogens with zero attached hydrogens (tertiary/aromatic N) is 1. The predicted molar refractivity (Wildman–Crippen MR) is 69.3 cm³/mol. The minimum absolute atomic E-state index is 0.530. The van der Waals surface area contributed by atoms with Crippen molar-refractivity contribution in [3.05, 3.63) is 23.8 Å². The van der Waals surface area contributed by atoms with Crippen LogP contribution in [0, 0.1) is 0 Å². The Bertz CT molecular complexity index is 325. The van der Waals surface area contributed by atoms with E-state index in [1.807, 2.05) is 7.05 Å². The molecule has 0 unspecified atom stereocenters. The summed E-state index contributed by atoms with van der Waals surface area (Å²) in [7, 11) is 3.74. The summed E-state index contributed by atoms with van der Waals surface area (Å²) >= 11 is 3.43. The number of rotatable bonds is 4. The fraction of sp³-hybridized carbons (Fsp3) is 0.500. The second kappa shape index (κ2) is 5.40. The fourth-order valence-corrected chi connectivity index (χ4v) is 1.70. The van der Waals surface area contributed by atoms with Gasteiger partial charge in [0.2, 0.25) is 0 Å². The van der Waals surface area contributed by atoms with Crippen LogP contribution in [0.3, 0.4) is 0 Å². The van der Waals surface area contributed by atoms with Crippen molar-refractivity contribution in [1.82, 2.24) is 0 Å². The number of alkyl halides is 1. The van der Waals surface area contributed by atoms with E-state index in [1.54, 1.807) is 7.11 Å². The molecule has 0 saturated carbocycles. The summed E-state index contributed by atoms with van der Waals surface area (Å²) in [5.74, 6) is 1.46. The highest BCUT2D eigenvalue weighted by molar-refractivity contribution is 9.09. The van der Waals surface area contributed by atoms with Gasteiger partial charge in [-0.2, -0.15) is 0 Å². The van der Waals surface area contributed by atoms with Gasteiger partial charge in [-0.25, -0.2) is 0 Å². The van der Waals surface area contributed by atoms with Crippen molar-refractivity contribution >= 4 is 21.6 Å². The first-order valence-electron chi connectivity index (χ1n) is 5.05. The van der Waals surface area contributed by atoms with Crippen molar-refractivity contribution in [2.24, 2.45) is 0 Å². The molecule has 84 valence electrons. The molecular weight excluding hydrogens is 254 g/mol. The second-order valence-electron chi connectivity index (χ2n) is 3.90. The second-order valence-corrected chi connectivity index (χ2v) is 4.40. The molecule has 1 rings (SSSR count). The van der Waals surface area contributed by atoms with Crippen LogP contribution in [-0.4, -0.2) is 19.6 Å². The SMILES string of the molecule is COc1cc(C(C)C)ccc1N(C)CBr. The number of ether oxygens (including phenoxy) is 1. The molecule has 0 aliphatic carbocycles. The molecule has 0 N–H and O–H groups in total. The van der Waals surface area contributed by atoms with Crippen molar-refractivity contribution < 1.29 is 4.74 Å². The van der Waals surface area contributed by atoms with Crippen molar-refractivity contribution in [1.29, 1.82) is 0 Å². The molecule has 0 atom stereocenters. The summed E-state index contributed by atoms with van der Waals surface area (Å²) < 4.78 is 5.40. The summed E-state index contributed by atoms with van der Waals surface area (Å²) in [5.41, 5.74) is 3.21. The summed E-state index contributed by atoms with van der Waals surface area (Å²) in [4.78, 5) is 2.10. The van der Waals surface area contributed by atoms with Gasteiger partial charge in [0, 0.05) is 7.05 Å². The molecule has 0 aromatic heterocycles. The lowest BCUT2D eigenvalue weighted by Crippen LogP contribution is -2.15. The van der Waals surface area contributed by atoms with Gasteiger partial charge in [0.15, 0.2) is 0 Å². The van der Waals surface area contributed by atoms with E-state index in [1.165, 1.54) is 5.56 Å². The van der Waals surface area contributed by atoms with Crippen LogP contribution < -0.4 is 9.64 Å². The Morgan fingerprint density at radius 2 is 2.07 bits per heavy atom. The number of anilines is 1. The van der Waals surface area contributed by atoms with Crippen molar-refractivity contribution in [2.75, 3.05) is 24.5 Å². The van der Waals surface area contributed by atoms with E-state index in [2.05, 4.69) is 52.9 Å². The number of hydrogen-bond acceptors (Lipinski definition) is 2. The van der Waals surface area contributed by atoms with Gasteiger partial charge >= 0.3 is 0 Å². The van der Waals surface area contributed by atoms with Crippen molar-refractivity contribution in [3.63, 3.8) is 0 Å². The first-order valence-corrected chi connectivity index (χ1v) is 6.17. The Morgan fingerprint density at radius 3 is 2.53 bits per heavy atom. The van der Waals surface area contributed by atoms with E-state index in [9.17, 15) is 0 Å². The highest BCUT2D eigenvalue weighted by Gasteiger charge is 2.09. The molecule has 0 amide bonds. The lowest BCUT2D eigenvalue weighted by Gasteiger charge is -2.20. The van der Waals surface area contributed by atoms with Crippen LogP contribution >= 0.6 is 15.9 Å². The molecule has 0 spiro atoms. The third-order valence-electron chi connectivity index (χ3n) is 2.46. The molecule has 0 saturated heterocycles. The van der Waals surface area contributed by atoms with Crippen molar-refractivity contribution in [3.8, 4) is 5.75 Å². The van der Waals surface area contributed by atoms with Crippen LogP contribution in [0.2, 0.25) is 0 Å². The number of hydrogen-bond donors (Lipinski definition) is 0. The smallest absolute Gasteiger partial charge is 0.142 e. The molecule has 1 aromatic rings. The Hall–Kier alpha value is -0.700. The minimum Gasteiger partial charge on any atom is -0.495 e. The first kappa shape index (κ1) is 12.4. The van der Waals surface area contributed by atoms with Crippen LogP contribution in [0.5, 0.6) is 5.75 Å². The first-order chi connectivity index (χ1) is 7.10. The standard InChI is InChI=1S/C12H18BrNO/c1-9(2)10-5-6-11(14(3)8-13)12(7-10)15-4/h5-7,9H,8H2,1-4H3. The monoisotopic (exact) mass is 271 g/mol. The van der Waals surface area contributed by atoms with Gasteiger partial charge in [-0.1, -0.05) is 35.8 Å². The van der Waals surface area contributed by atoms with Crippen LogP contribution in [0.15, 0.2) is 18.2 Å². The van der Waals surface area contributed by atoms with Gasteiger partial charge in [0.05, 0.1) is 18.3 Å². The maximum absolute atomic E-state index is 5.40. The highest BCUT2D eigenvalue weighted by atomic mass is 79.9. The zero-order chi connectivity index (χ0) is 11.4. The fourth-order valence-electron chi connectivity index (χ4n) is 1.43. The molecule has 0 radical (unpaired) electrons. The molecule has 1 aromatic carbocycles. The van der Waals surface area contributed by atoms with E-state index >= 15 is 0 Å². The molecule has 3 heteroatoms. The average Bonchev–Trinajstić information content (AvgIpc) is 2.27. The van der Waals surface area contributed by atoms with E-state index < -0.39 is 0 Å². The molecule has 15 heavy (non-hydrogen) atoms. The maximum Gasteiger partial charge on any atom is 0.142 e. The van der Waals surface area contributed by atoms with Gasteiger partial charge in [0.25, 0.3) is 0 Å². The third kappa shape index (κ3) is 2.88. The number of halogens is 1. The lowest BCUT2D eigenvalue weighted by atomic mass is 10.0. The van der Waals surface area contributed by atoms with Crippen LogP contribution in [-0.2, 0) is 0 Å². The Balaban J connectivity index is 3.09. The van der Waals surface area contributed by atoms with Crippen LogP contribution in [0.25, 0.3) is 0 Å². The number of methoxy groups -OCH3 is 1. The van der Waals surface area contributed by atoms with Crippen molar-refractivity contribution in [2.45, 2.75) is 19.8 Å². The van der Waals surface area contributed by atoms with Crippen LogP contribution in [0.1, 0.15) is 25.3 Å². The molecule has 0 aliphatic rings. The normalized spacial score (nSPS) is 10.5. The number of benzene rings is 1. The third-order valence-corrected chi connectivity index (χ3v) is 3.21. The molecule has 2 nitrogen and oxygen atoms in total. The topological polar surface area (TPSA) is 12.5 Å². The van der Waals surface area contributed by atoms with Gasteiger partial charge in [0.1, 0.15) is 5.75 Å². The molecule has 0 fully saturated rings. The molecule has 0 bridgehead atoms. The largest absolute Gasteiger partial charge is 0.495 e. The zero-order valence-corrected chi connectivity index (χ0v) is 11.3. The average molecular weight is 272 g/mol. The summed E-state index contributed by atoms with van der Waals surface area (Å²) in [5, 5.41) is 0. The summed E-state index contributed by atoms with van der Waals surface area (Å²) in [6.07, 6.45) is 0. The molecular formula is C12H18BrNO. The lowest BCUT2D eigenvalue weighted by molar-refractivity contribution is 0.414. The van der Waals surface area contributed by atoms with E-state index in [0.717, 1.165) is 16.9 Å². The maximum atomic E-state index is 5.40. The summed E-state index contributed by atoms with van der Waals surface area (Å²) in [6, 6.07) is 6.37. The minimum atomic E-state index is 0.530. The molecule has 0 heterocycles. The Morgan fingerprint density at radius 1 is 1.40 bits per heavy atom. The highest BCUT2D eigenvalue weighted by Crippen LogP contribution is 2.31. The van der Waals surface area contributed by atoms with Gasteiger partial charge in [-0.05, 0) is 23.6 Å².